The highest BCUT2D eigenvalue weighted by molar-refractivity contribution is 7.91. The first-order chi connectivity index (χ1) is 27.2. The zero-order valence-corrected chi connectivity index (χ0v) is 33.4. The zero-order valence-electron chi connectivity index (χ0n) is 32.6. The second-order valence-electron chi connectivity index (χ2n) is 15.9. The first kappa shape index (κ1) is 42.9. The van der Waals surface area contributed by atoms with Crippen LogP contribution in [0.5, 0.6) is 11.6 Å². The summed E-state index contributed by atoms with van der Waals surface area (Å²) in [6.45, 7) is 2.91. The molecule has 2 aromatic rings. The molecular formula is C38H47F4N5O10S. The minimum absolute atomic E-state index is 0.0166. The van der Waals surface area contributed by atoms with Crippen LogP contribution >= 0.6 is 0 Å². The molecule has 0 radical (unpaired) electrons. The van der Waals surface area contributed by atoms with Gasteiger partial charge in [0.15, 0.2) is 0 Å². The molecule has 58 heavy (non-hydrogen) atoms. The van der Waals surface area contributed by atoms with Gasteiger partial charge in [0.1, 0.15) is 40.9 Å². The highest BCUT2D eigenvalue weighted by Gasteiger charge is 2.64. The van der Waals surface area contributed by atoms with E-state index in [0.717, 1.165) is 4.90 Å². The van der Waals surface area contributed by atoms with Gasteiger partial charge in [-0.1, -0.05) is 12.2 Å². The molecule has 15 nitrogen and oxygen atoms in total. The molecule has 1 aromatic heterocycles. The monoisotopic (exact) mass is 841 g/mol. The van der Waals surface area contributed by atoms with Crippen molar-refractivity contribution in [2.45, 2.75) is 119 Å². The lowest BCUT2D eigenvalue weighted by atomic mass is 10.1. The lowest BCUT2D eigenvalue weighted by Gasteiger charge is -2.34. The van der Waals surface area contributed by atoms with Gasteiger partial charge in [-0.05, 0) is 89.5 Å². The Morgan fingerprint density at radius 3 is 2.52 bits per heavy atom. The number of nitrogens with zero attached hydrogens (tertiary/aromatic N) is 2. The SMILES string of the molecule is COc1ccc2c(O[C@@H]3C[C@H]4C(=O)N[C@]5(C(=O)NS(=O)(=O)C6(CF)CC6)C[C@H]5C=CCC[C@@H](C)O[C@@H](C)[C@H](NC(=O)OC(C)(C)C(F)(F)F)C(=O)N4C3)nccc2c1. The number of fused-ring (bicyclic) bond motifs is 3. The molecule has 1 saturated heterocycles. The summed E-state index contributed by atoms with van der Waals surface area (Å²) in [5, 5.41) is 6.19. The highest BCUT2D eigenvalue weighted by Crippen LogP contribution is 2.48. The van der Waals surface area contributed by atoms with Crippen molar-refractivity contribution in [1.82, 2.24) is 25.2 Å². The van der Waals surface area contributed by atoms with Gasteiger partial charge in [-0.2, -0.15) is 13.2 Å². The summed E-state index contributed by atoms with van der Waals surface area (Å²) in [4.78, 5) is 61.4. The first-order valence-electron chi connectivity index (χ1n) is 18.9. The summed E-state index contributed by atoms with van der Waals surface area (Å²) in [6.07, 6.45) is -3.79. The molecule has 2 aliphatic carbocycles. The number of pyridine rings is 1. The average Bonchev–Trinajstić information content (AvgIpc) is 4.05. The fourth-order valence-corrected chi connectivity index (χ4v) is 8.64. The van der Waals surface area contributed by atoms with E-state index in [1.165, 1.54) is 20.2 Å². The molecule has 1 aromatic carbocycles. The molecule has 2 saturated carbocycles. The maximum absolute atomic E-state index is 14.6. The second-order valence-corrected chi connectivity index (χ2v) is 18.0. The lowest BCUT2D eigenvalue weighted by molar-refractivity contribution is -0.244. The van der Waals surface area contributed by atoms with Crippen LogP contribution in [-0.4, -0.2) is 115 Å². The topological polar surface area (TPSA) is 192 Å². The molecular weight excluding hydrogens is 795 g/mol. The van der Waals surface area contributed by atoms with E-state index < -0.39 is 98.9 Å². The molecule has 4 aliphatic rings. The standard InChI is InChI=1S/C38H47F4N5O10S/c1-21-8-6-7-9-24-18-37(24,33(50)46-58(52,53)36(20-39)13-14-36)45-30(48)28-17-26(56-31-27-11-10-25(54-5)16-23(27)12-15-43-31)19-47(28)32(49)29(22(2)55-21)44-34(51)57-35(3,4)38(40,41)42/h7,9-12,15-16,21-22,24,26,28-29H,6,8,13-14,17-20H2,1-5H3,(H,44,51)(H,45,48)(H,46,50)/t21-,22+,24-,26-,28+,29+,37-/m1/s1. The Hall–Kier alpha value is -4.72. The molecule has 0 unspecified atom stereocenters. The third kappa shape index (κ3) is 8.53. The van der Waals surface area contributed by atoms with Gasteiger partial charge in [-0.15, -0.1) is 0 Å². The minimum Gasteiger partial charge on any atom is -0.497 e. The lowest BCUT2D eigenvalue weighted by Crippen LogP contribution is -2.61. The van der Waals surface area contributed by atoms with Crippen molar-refractivity contribution < 1.29 is 64.1 Å². The molecule has 7 atom stereocenters. The third-order valence-corrected chi connectivity index (χ3v) is 13.4. The number of benzene rings is 1. The number of rotatable bonds is 9. The van der Waals surface area contributed by atoms with E-state index in [4.69, 9.17) is 18.9 Å². The van der Waals surface area contributed by atoms with Gasteiger partial charge in [0.2, 0.25) is 33.3 Å². The molecule has 3 fully saturated rings. The largest absolute Gasteiger partial charge is 0.497 e. The van der Waals surface area contributed by atoms with Gasteiger partial charge in [0.25, 0.3) is 5.91 Å². The quantitative estimate of drug-likeness (QED) is 0.245. The third-order valence-electron chi connectivity index (χ3n) is 11.3. The summed E-state index contributed by atoms with van der Waals surface area (Å²) in [5.41, 5.74) is -4.74. The fraction of sp³-hybridized carbons (Fsp3) is 0.605. The van der Waals surface area contributed by atoms with Crippen molar-refractivity contribution in [2.75, 3.05) is 20.3 Å². The molecule has 2 aliphatic heterocycles. The summed E-state index contributed by atoms with van der Waals surface area (Å²) in [6, 6.07) is 3.75. The Morgan fingerprint density at radius 2 is 1.86 bits per heavy atom. The predicted molar refractivity (Wildman–Crippen MR) is 199 cm³/mol. The number of sulfonamides is 1. The predicted octanol–water partition coefficient (Wildman–Crippen LogP) is 3.99. The van der Waals surface area contributed by atoms with Crippen molar-refractivity contribution in [3.63, 3.8) is 0 Å². The number of aromatic nitrogens is 1. The molecule has 4 amide bonds. The number of hydrogen-bond donors (Lipinski definition) is 3. The molecule has 0 spiro atoms. The highest BCUT2D eigenvalue weighted by atomic mass is 32.2. The van der Waals surface area contributed by atoms with E-state index in [9.17, 15) is 45.2 Å². The number of ether oxygens (including phenoxy) is 4. The molecule has 20 heteroatoms. The Kier molecular flexibility index (Phi) is 11.7. The number of amides is 4. The van der Waals surface area contributed by atoms with E-state index in [-0.39, 0.29) is 38.1 Å². The van der Waals surface area contributed by atoms with Crippen molar-refractivity contribution in [3.8, 4) is 11.6 Å². The van der Waals surface area contributed by atoms with Gasteiger partial charge in [-0.3, -0.25) is 19.1 Å². The van der Waals surface area contributed by atoms with E-state index in [2.05, 4.69) is 15.6 Å². The summed E-state index contributed by atoms with van der Waals surface area (Å²) in [7, 11) is -2.97. The number of alkyl carbamates (subject to hydrolysis) is 1. The minimum atomic E-state index is -4.96. The Labute approximate surface area is 332 Å². The molecule has 318 valence electrons. The van der Waals surface area contributed by atoms with Gasteiger partial charge >= 0.3 is 12.3 Å². The normalized spacial score (nSPS) is 28.9. The van der Waals surface area contributed by atoms with Gasteiger partial charge in [-0.25, -0.2) is 22.6 Å². The maximum Gasteiger partial charge on any atom is 0.427 e. The number of methoxy groups -OCH3 is 1. The number of carbonyl (C=O) groups excluding carboxylic acids is 4. The Balaban J connectivity index is 1.35. The number of hydrogen-bond acceptors (Lipinski definition) is 11. The van der Waals surface area contributed by atoms with Crippen molar-refractivity contribution in [1.29, 1.82) is 0 Å². The van der Waals surface area contributed by atoms with E-state index in [1.54, 1.807) is 43.3 Å². The van der Waals surface area contributed by atoms with E-state index in [0.29, 0.717) is 43.2 Å². The van der Waals surface area contributed by atoms with Gasteiger partial charge < -0.3 is 34.5 Å². The Bertz CT molecular complexity index is 2080. The summed E-state index contributed by atoms with van der Waals surface area (Å²) >= 11 is 0. The van der Waals surface area contributed by atoms with Crippen LogP contribution in [0.25, 0.3) is 10.8 Å². The second kappa shape index (κ2) is 15.8. The molecule has 3 N–H and O–H groups in total. The number of halogens is 4. The first-order valence-corrected chi connectivity index (χ1v) is 20.4. The summed E-state index contributed by atoms with van der Waals surface area (Å²) in [5.74, 6) is -2.86. The van der Waals surface area contributed by atoms with Crippen LogP contribution in [0.2, 0.25) is 0 Å². The van der Waals surface area contributed by atoms with Crippen molar-refractivity contribution >= 4 is 44.6 Å². The fourth-order valence-electron chi connectivity index (χ4n) is 7.21. The molecule has 0 bridgehead atoms. The summed E-state index contributed by atoms with van der Waals surface area (Å²) < 4.78 is 104. The Morgan fingerprint density at radius 1 is 1.14 bits per heavy atom. The van der Waals surface area contributed by atoms with Crippen LogP contribution in [0.3, 0.4) is 0 Å². The number of nitrogens with one attached hydrogen (secondary N) is 3. The molecule has 6 rings (SSSR count). The van der Waals surface area contributed by atoms with Crippen LogP contribution in [0.1, 0.15) is 66.2 Å². The van der Waals surface area contributed by atoms with E-state index >= 15 is 0 Å². The number of allylic oxidation sites excluding steroid dienone is 1. The van der Waals surface area contributed by atoms with Gasteiger partial charge in [0.05, 0.1) is 25.9 Å². The van der Waals surface area contributed by atoms with Crippen LogP contribution in [-0.2, 0) is 33.9 Å². The van der Waals surface area contributed by atoms with Crippen LogP contribution in [0.4, 0.5) is 22.4 Å². The molecule has 3 heterocycles. The van der Waals surface area contributed by atoms with Crippen molar-refractivity contribution in [2.24, 2.45) is 5.92 Å². The van der Waals surface area contributed by atoms with Crippen LogP contribution in [0, 0.1) is 5.92 Å². The zero-order chi connectivity index (χ0) is 42.4. The van der Waals surface area contributed by atoms with Crippen molar-refractivity contribution in [3.05, 3.63) is 42.6 Å². The average molecular weight is 842 g/mol. The maximum atomic E-state index is 14.6. The number of alkyl halides is 4. The van der Waals surface area contributed by atoms with Crippen LogP contribution in [0.15, 0.2) is 42.6 Å². The van der Waals surface area contributed by atoms with E-state index in [1.807, 2.05) is 4.72 Å². The van der Waals surface area contributed by atoms with Crippen LogP contribution < -0.4 is 24.8 Å². The van der Waals surface area contributed by atoms with Gasteiger partial charge in [0, 0.05) is 23.9 Å². The smallest absolute Gasteiger partial charge is 0.427 e. The number of carbonyl (C=O) groups is 4.